The van der Waals surface area contributed by atoms with Crippen molar-refractivity contribution >= 4 is 11.7 Å². The van der Waals surface area contributed by atoms with E-state index in [1.807, 2.05) is 19.1 Å². The molecule has 4 nitrogen and oxygen atoms in total. The van der Waals surface area contributed by atoms with Crippen molar-refractivity contribution in [3.05, 3.63) is 29.8 Å². The molecule has 0 aliphatic heterocycles. The van der Waals surface area contributed by atoms with Crippen LogP contribution in [-0.2, 0) is 4.74 Å². The van der Waals surface area contributed by atoms with E-state index >= 15 is 0 Å². The fraction of sp³-hybridized carbons (Fsp3) is 0.417. The number of aliphatic hydroxyl groups is 1. The van der Waals surface area contributed by atoms with E-state index in [-0.39, 0.29) is 19.2 Å². The molecule has 0 bridgehead atoms. The summed E-state index contributed by atoms with van der Waals surface area (Å²) in [7, 11) is 0. The van der Waals surface area contributed by atoms with Gasteiger partial charge in [-0.05, 0) is 19.1 Å². The Morgan fingerprint density at radius 2 is 2.19 bits per heavy atom. The number of aliphatic hydroxyl groups excluding tert-OH is 1. The molecular formula is C12H17NO3. The lowest BCUT2D eigenvalue weighted by molar-refractivity contribution is 0.0483. The van der Waals surface area contributed by atoms with Gasteiger partial charge in [0.2, 0.25) is 0 Å². The molecule has 0 atom stereocenters. The largest absolute Gasteiger partial charge is 0.462 e. The lowest BCUT2D eigenvalue weighted by Crippen LogP contribution is -2.11. The highest BCUT2D eigenvalue weighted by Gasteiger charge is 2.11. The van der Waals surface area contributed by atoms with E-state index in [1.54, 1.807) is 12.1 Å². The molecule has 0 aliphatic rings. The second-order valence-corrected chi connectivity index (χ2v) is 3.29. The SMILES string of the molecule is CCNc1ccccc1C(=O)OCCCO. The van der Waals surface area contributed by atoms with Crippen molar-refractivity contribution in [3.63, 3.8) is 0 Å². The number of esters is 1. The van der Waals surface area contributed by atoms with Crippen LogP contribution in [0.4, 0.5) is 5.69 Å². The lowest BCUT2D eigenvalue weighted by Gasteiger charge is -2.09. The Labute approximate surface area is 95.2 Å². The van der Waals surface area contributed by atoms with Crippen LogP contribution in [0.15, 0.2) is 24.3 Å². The summed E-state index contributed by atoms with van der Waals surface area (Å²) < 4.78 is 5.02. The first-order chi connectivity index (χ1) is 7.79. The second kappa shape index (κ2) is 6.85. The van der Waals surface area contributed by atoms with E-state index in [2.05, 4.69) is 5.32 Å². The van der Waals surface area contributed by atoms with Crippen molar-refractivity contribution in [3.8, 4) is 0 Å². The molecule has 0 heterocycles. The monoisotopic (exact) mass is 223 g/mol. The van der Waals surface area contributed by atoms with Gasteiger partial charge in [0.15, 0.2) is 0 Å². The standard InChI is InChI=1S/C12H17NO3/c1-2-13-11-7-4-3-6-10(11)12(15)16-9-5-8-14/h3-4,6-7,13-14H,2,5,8-9H2,1H3. The maximum absolute atomic E-state index is 11.7. The number of benzene rings is 1. The summed E-state index contributed by atoms with van der Waals surface area (Å²) in [5.41, 5.74) is 1.31. The van der Waals surface area contributed by atoms with E-state index in [1.165, 1.54) is 0 Å². The van der Waals surface area contributed by atoms with Crippen molar-refractivity contribution in [2.45, 2.75) is 13.3 Å². The van der Waals surface area contributed by atoms with Crippen LogP contribution in [0.5, 0.6) is 0 Å². The molecule has 1 rings (SSSR count). The highest BCUT2D eigenvalue weighted by atomic mass is 16.5. The van der Waals surface area contributed by atoms with Gasteiger partial charge < -0.3 is 15.2 Å². The van der Waals surface area contributed by atoms with Gasteiger partial charge in [0.1, 0.15) is 0 Å². The van der Waals surface area contributed by atoms with E-state index in [0.717, 1.165) is 12.2 Å². The fourth-order valence-corrected chi connectivity index (χ4v) is 1.31. The molecule has 0 fully saturated rings. The number of anilines is 1. The number of hydrogen-bond donors (Lipinski definition) is 2. The molecule has 0 spiro atoms. The topological polar surface area (TPSA) is 58.6 Å². The highest BCUT2D eigenvalue weighted by molar-refractivity contribution is 5.95. The molecule has 4 heteroatoms. The number of para-hydroxylation sites is 1. The number of ether oxygens (including phenoxy) is 1. The van der Waals surface area contributed by atoms with Gasteiger partial charge in [-0.2, -0.15) is 0 Å². The third kappa shape index (κ3) is 3.55. The summed E-state index contributed by atoms with van der Waals surface area (Å²) >= 11 is 0. The number of carbonyl (C=O) groups is 1. The zero-order chi connectivity index (χ0) is 11.8. The minimum atomic E-state index is -0.356. The summed E-state index contributed by atoms with van der Waals surface area (Å²) in [5, 5.41) is 11.7. The molecule has 0 unspecified atom stereocenters. The molecule has 1 aromatic carbocycles. The number of rotatable bonds is 6. The quantitative estimate of drug-likeness (QED) is 0.569. The maximum atomic E-state index is 11.7. The molecule has 0 saturated carbocycles. The van der Waals surface area contributed by atoms with Gasteiger partial charge in [-0.1, -0.05) is 12.1 Å². The minimum Gasteiger partial charge on any atom is -0.462 e. The zero-order valence-electron chi connectivity index (χ0n) is 9.40. The summed E-state index contributed by atoms with van der Waals surface area (Å²) in [5.74, 6) is -0.356. The first kappa shape index (κ1) is 12.5. The second-order valence-electron chi connectivity index (χ2n) is 3.29. The Hall–Kier alpha value is -1.55. The summed E-state index contributed by atoms with van der Waals surface area (Å²) in [6, 6.07) is 7.22. The third-order valence-corrected chi connectivity index (χ3v) is 2.05. The number of carbonyl (C=O) groups excluding carboxylic acids is 1. The first-order valence-corrected chi connectivity index (χ1v) is 5.40. The van der Waals surface area contributed by atoms with Crippen LogP contribution < -0.4 is 5.32 Å². The minimum absolute atomic E-state index is 0.0299. The van der Waals surface area contributed by atoms with Gasteiger partial charge >= 0.3 is 5.97 Å². The van der Waals surface area contributed by atoms with Gasteiger partial charge in [-0.25, -0.2) is 4.79 Å². The predicted octanol–water partition coefficient (Wildman–Crippen LogP) is 1.66. The van der Waals surface area contributed by atoms with E-state index in [9.17, 15) is 4.79 Å². The Morgan fingerprint density at radius 1 is 1.44 bits per heavy atom. The predicted molar refractivity (Wildman–Crippen MR) is 62.6 cm³/mol. The van der Waals surface area contributed by atoms with Gasteiger partial charge in [-0.3, -0.25) is 0 Å². The van der Waals surface area contributed by atoms with Crippen LogP contribution in [0, 0.1) is 0 Å². The number of nitrogens with one attached hydrogen (secondary N) is 1. The molecule has 2 N–H and O–H groups in total. The highest BCUT2D eigenvalue weighted by Crippen LogP contribution is 2.15. The van der Waals surface area contributed by atoms with Crippen LogP contribution in [0.25, 0.3) is 0 Å². The van der Waals surface area contributed by atoms with Crippen LogP contribution in [0.2, 0.25) is 0 Å². The Morgan fingerprint density at radius 3 is 2.88 bits per heavy atom. The van der Waals surface area contributed by atoms with Gasteiger partial charge in [0, 0.05) is 25.3 Å². The molecular weight excluding hydrogens is 206 g/mol. The van der Waals surface area contributed by atoms with Gasteiger partial charge in [-0.15, -0.1) is 0 Å². The van der Waals surface area contributed by atoms with Gasteiger partial charge in [0.25, 0.3) is 0 Å². The smallest absolute Gasteiger partial charge is 0.340 e. The van der Waals surface area contributed by atoms with E-state index in [4.69, 9.17) is 9.84 Å². The summed E-state index contributed by atoms with van der Waals surface area (Å²) in [6.07, 6.45) is 0.467. The maximum Gasteiger partial charge on any atom is 0.340 e. The van der Waals surface area contributed by atoms with Crippen LogP contribution in [0.1, 0.15) is 23.7 Å². The normalized spacial score (nSPS) is 9.88. The fourth-order valence-electron chi connectivity index (χ4n) is 1.31. The zero-order valence-corrected chi connectivity index (χ0v) is 9.40. The van der Waals surface area contributed by atoms with Crippen molar-refractivity contribution in [1.82, 2.24) is 0 Å². The van der Waals surface area contributed by atoms with Crippen molar-refractivity contribution < 1.29 is 14.6 Å². The Balaban J connectivity index is 2.66. The number of hydrogen-bond acceptors (Lipinski definition) is 4. The molecule has 0 radical (unpaired) electrons. The molecule has 0 aliphatic carbocycles. The average Bonchev–Trinajstić information content (AvgIpc) is 2.30. The molecule has 0 aromatic heterocycles. The van der Waals surface area contributed by atoms with Crippen LogP contribution in [0.3, 0.4) is 0 Å². The van der Waals surface area contributed by atoms with Crippen LogP contribution >= 0.6 is 0 Å². The summed E-state index contributed by atoms with van der Waals surface area (Å²) in [4.78, 5) is 11.7. The van der Waals surface area contributed by atoms with Gasteiger partial charge in [0.05, 0.1) is 12.2 Å². The molecule has 1 aromatic rings. The Bertz CT molecular complexity index is 339. The van der Waals surface area contributed by atoms with Crippen LogP contribution in [-0.4, -0.2) is 30.8 Å². The summed E-state index contributed by atoms with van der Waals surface area (Å²) in [6.45, 7) is 2.99. The molecule has 0 saturated heterocycles. The van der Waals surface area contributed by atoms with Crippen molar-refractivity contribution in [2.24, 2.45) is 0 Å². The van der Waals surface area contributed by atoms with E-state index in [0.29, 0.717) is 12.0 Å². The third-order valence-electron chi connectivity index (χ3n) is 2.05. The van der Waals surface area contributed by atoms with E-state index < -0.39 is 0 Å². The first-order valence-electron chi connectivity index (χ1n) is 5.40. The molecule has 16 heavy (non-hydrogen) atoms. The lowest BCUT2D eigenvalue weighted by atomic mass is 10.2. The average molecular weight is 223 g/mol. The van der Waals surface area contributed by atoms with Crippen molar-refractivity contribution in [1.29, 1.82) is 0 Å². The molecule has 88 valence electrons. The molecule has 0 amide bonds. The Kier molecular flexibility index (Phi) is 5.36. The van der Waals surface area contributed by atoms with Crippen molar-refractivity contribution in [2.75, 3.05) is 25.1 Å².